The average Bonchev–Trinajstić information content (AvgIpc) is 2.99. The normalized spacial score (nSPS) is 13.6. The fourth-order valence-electron chi connectivity index (χ4n) is 4.62. The Kier molecular flexibility index (Phi) is 24.3. The topological polar surface area (TPSA) is 128 Å². The smallest absolute Gasteiger partial charge is 0.872 e. The summed E-state index contributed by atoms with van der Waals surface area (Å²) in [7, 11) is -7.04. The molecule has 0 fully saturated rings. The maximum atomic E-state index is 10.8. The molecule has 3 aromatic carbocycles. The van der Waals surface area contributed by atoms with E-state index >= 15 is 0 Å². The van der Waals surface area contributed by atoms with Gasteiger partial charge < -0.3 is 14.6 Å². The Balaban J connectivity index is 0.000000816. The van der Waals surface area contributed by atoms with E-state index in [0.29, 0.717) is 4.47 Å². The average molecular weight is 954 g/mol. The fourth-order valence-corrected chi connectivity index (χ4v) is 7.44. The van der Waals surface area contributed by atoms with Crippen LogP contribution in [0.25, 0.3) is 0 Å². The Morgan fingerprint density at radius 2 is 0.882 bits per heavy atom. The molecule has 0 saturated carbocycles. The van der Waals surface area contributed by atoms with Crippen molar-refractivity contribution in [2.24, 2.45) is 0 Å². The first-order chi connectivity index (χ1) is 23.2. The van der Waals surface area contributed by atoms with E-state index in [2.05, 4.69) is 115 Å². The minimum Gasteiger partial charge on any atom is -0.872 e. The first-order valence-electron chi connectivity index (χ1n) is 16.3. The van der Waals surface area contributed by atoms with Crippen molar-refractivity contribution in [3.63, 3.8) is 0 Å². The van der Waals surface area contributed by atoms with Gasteiger partial charge in [0.1, 0.15) is 11.5 Å². The van der Waals surface area contributed by atoms with E-state index in [4.69, 9.17) is 9.47 Å². The Hall–Kier alpha value is -0.680. The van der Waals surface area contributed by atoms with Gasteiger partial charge in [0, 0.05) is 17.3 Å². The van der Waals surface area contributed by atoms with Crippen molar-refractivity contribution in [3.8, 4) is 17.2 Å². The van der Waals surface area contributed by atoms with Crippen LogP contribution >= 0.6 is 47.8 Å². The molecule has 4 atom stereocenters. The monoisotopic (exact) mass is 950 g/mol. The van der Waals surface area contributed by atoms with Gasteiger partial charge in [-0.2, -0.15) is 16.8 Å². The van der Waals surface area contributed by atoms with Crippen molar-refractivity contribution in [2.75, 3.05) is 12.5 Å². The molecular weight excluding hydrogens is 903 g/mol. The predicted molar refractivity (Wildman–Crippen MR) is 210 cm³/mol. The van der Waals surface area contributed by atoms with Crippen molar-refractivity contribution < 1.29 is 69.3 Å². The molecule has 0 aliphatic carbocycles. The summed E-state index contributed by atoms with van der Waals surface area (Å²) in [5, 5.41) is 10.8. The molecule has 0 heterocycles. The van der Waals surface area contributed by atoms with Gasteiger partial charge in [0.25, 0.3) is 20.2 Å². The molecule has 0 spiro atoms. The number of ether oxygens (including phenoxy) is 2. The van der Waals surface area contributed by atoms with Crippen molar-refractivity contribution in [1.82, 2.24) is 0 Å². The van der Waals surface area contributed by atoms with Crippen LogP contribution in [0.1, 0.15) is 78.0 Å². The molecule has 51 heavy (non-hydrogen) atoms. The molecule has 0 unspecified atom stereocenters. The van der Waals surface area contributed by atoms with Gasteiger partial charge >= 0.3 is 29.6 Å². The van der Waals surface area contributed by atoms with Crippen LogP contribution in [0, 0.1) is 0 Å². The maximum absolute atomic E-state index is 10.8. The molecule has 0 amide bonds. The standard InChI is InChI=1S/C21H26Br2O2.C8H9BrO.C7H16O6S2.Na/c1-5-16-7-9-20(18(22)12-16)24-14(3)11-15(4)25-21-10-8-17(6-2)13-19(21)23;1-2-6-3-4-8(10)7(9)5-6;1-6(12-14(3,8)9)5-7(2)13-15(4,10)11;/h7-10,12-15H,5-6,11H2,1-4H3;3-5,10H,2H2,1H3;6-7H,5H2,1-4H3;/q;;;+1/p-1/t14-,15-;;6-,7+;/m0.../s1. The number of aryl methyl sites for hydroxylation is 3. The van der Waals surface area contributed by atoms with Gasteiger partial charge in [0.05, 0.1) is 45.9 Å². The summed E-state index contributed by atoms with van der Waals surface area (Å²) in [6.45, 7) is 13.6. The predicted octanol–water partition coefficient (Wildman–Crippen LogP) is 6.16. The molecule has 0 aliphatic rings. The second kappa shape index (κ2) is 24.7. The van der Waals surface area contributed by atoms with Gasteiger partial charge in [-0.1, -0.05) is 66.7 Å². The third-order valence-corrected chi connectivity index (χ3v) is 10.1. The summed E-state index contributed by atoms with van der Waals surface area (Å²) in [6.07, 6.45) is 4.77. The SMILES string of the molecule is CCc1ccc(O[C@@H](C)C[C@H](C)Oc2ccc(CC)cc2Br)c(Br)c1.CCc1ccc([O-])c(Br)c1.C[C@H](C[C@H](C)OS(C)(=O)=O)OS(C)(=O)=O.[Na+]. The molecule has 282 valence electrons. The van der Waals surface area contributed by atoms with E-state index in [1.807, 2.05) is 24.3 Å². The zero-order chi connectivity index (χ0) is 38.2. The number of benzene rings is 3. The van der Waals surface area contributed by atoms with E-state index in [9.17, 15) is 21.9 Å². The molecule has 0 bridgehead atoms. The van der Waals surface area contributed by atoms with Gasteiger partial charge in [-0.15, -0.1) is 0 Å². The summed E-state index contributed by atoms with van der Waals surface area (Å²) in [6, 6.07) is 17.8. The van der Waals surface area contributed by atoms with Crippen molar-refractivity contribution in [1.29, 1.82) is 0 Å². The van der Waals surface area contributed by atoms with E-state index in [1.165, 1.54) is 30.5 Å². The van der Waals surface area contributed by atoms with Gasteiger partial charge in [0.2, 0.25) is 0 Å². The van der Waals surface area contributed by atoms with E-state index < -0.39 is 32.4 Å². The Bertz CT molecular complexity index is 1610. The van der Waals surface area contributed by atoms with Gasteiger partial charge in [0.15, 0.2) is 0 Å². The van der Waals surface area contributed by atoms with Crippen LogP contribution in [0.5, 0.6) is 17.2 Å². The van der Waals surface area contributed by atoms with E-state index in [0.717, 1.165) is 58.6 Å². The molecule has 3 rings (SSSR count). The Morgan fingerprint density at radius 1 is 0.569 bits per heavy atom. The minimum atomic E-state index is -3.52. The molecule has 9 nitrogen and oxygen atoms in total. The Morgan fingerprint density at radius 3 is 1.18 bits per heavy atom. The summed E-state index contributed by atoms with van der Waals surface area (Å²) < 4.78 is 67.0. The molecule has 0 N–H and O–H groups in total. The van der Waals surface area contributed by atoms with Gasteiger partial charge in [-0.05, 0) is 126 Å². The number of hydrogen-bond acceptors (Lipinski definition) is 9. The first kappa shape index (κ1) is 50.3. The number of rotatable bonds is 15. The maximum Gasteiger partial charge on any atom is 1.00 e. The number of hydrogen-bond donors (Lipinski definition) is 0. The zero-order valence-corrected chi connectivity index (χ0v) is 39.6. The largest absolute Gasteiger partial charge is 1.00 e. The molecule has 0 radical (unpaired) electrons. The third kappa shape index (κ3) is 22.3. The van der Waals surface area contributed by atoms with E-state index in [1.54, 1.807) is 6.07 Å². The van der Waals surface area contributed by atoms with Gasteiger partial charge in [-0.25, -0.2) is 0 Å². The van der Waals surface area contributed by atoms with Crippen LogP contribution in [0.2, 0.25) is 0 Å². The first-order valence-corrected chi connectivity index (χ1v) is 22.3. The van der Waals surface area contributed by atoms with Crippen LogP contribution in [0.3, 0.4) is 0 Å². The molecular formula is C36H50Br3NaO9S2. The molecule has 3 aromatic rings. The van der Waals surface area contributed by atoms with Crippen LogP contribution < -0.4 is 44.1 Å². The summed E-state index contributed by atoms with van der Waals surface area (Å²) >= 11 is 10.4. The molecule has 0 aromatic heterocycles. The summed E-state index contributed by atoms with van der Waals surface area (Å²) in [5.74, 6) is 1.81. The van der Waals surface area contributed by atoms with E-state index in [-0.39, 0.29) is 53.9 Å². The zero-order valence-electron chi connectivity index (χ0n) is 31.2. The Labute approximate surface area is 353 Å². The third-order valence-electron chi connectivity index (χ3n) is 6.88. The van der Waals surface area contributed by atoms with Crippen LogP contribution in [0.4, 0.5) is 0 Å². The fraction of sp³-hybridized carbons (Fsp3) is 0.500. The molecule has 0 aliphatic heterocycles. The second-order valence-corrected chi connectivity index (χ2v) is 17.7. The summed E-state index contributed by atoms with van der Waals surface area (Å²) in [5.41, 5.74) is 3.78. The van der Waals surface area contributed by atoms with Gasteiger partial charge in [-0.3, -0.25) is 8.37 Å². The molecule has 0 saturated heterocycles. The van der Waals surface area contributed by atoms with Crippen molar-refractivity contribution >= 4 is 68.0 Å². The minimum absolute atomic E-state index is 0. The van der Waals surface area contributed by atoms with Crippen LogP contribution in [-0.4, -0.2) is 53.8 Å². The summed E-state index contributed by atoms with van der Waals surface area (Å²) in [4.78, 5) is 0. The van der Waals surface area contributed by atoms with Crippen molar-refractivity contribution in [2.45, 2.75) is 105 Å². The van der Waals surface area contributed by atoms with Crippen molar-refractivity contribution in [3.05, 3.63) is 84.7 Å². The van der Waals surface area contributed by atoms with Crippen LogP contribution in [0.15, 0.2) is 68.0 Å². The molecule has 15 heteroatoms. The number of halogens is 3. The quantitative estimate of drug-likeness (QED) is 0.130. The second-order valence-electron chi connectivity index (χ2n) is 11.9. The van der Waals surface area contributed by atoms with Crippen LogP contribution in [-0.2, 0) is 47.9 Å².